The molecule has 0 saturated carbocycles. The molecule has 0 atom stereocenters. The summed E-state index contributed by atoms with van der Waals surface area (Å²) in [7, 11) is 0. The Bertz CT molecular complexity index is 431. The standard InChI is InChI=1S/C11H14N4S/c1-3-8-7-10(15-9(4-2)14-8)16-11-12-5-6-13-11/h5-7H,3-4H2,1-2H3,(H,12,13). The Morgan fingerprint density at radius 3 is 2.75 bits per heavy atom. The first-order valence-electron chi connectivity index (χ1n) is 5.36. The van der Waals surface area contributed by atoms with Crippen molar-refractivity contribution < 1.29 is 0 Å². The van der Waals surface area contributed by atoms with E-state index in [0.29, 0.717) is 0 Å². The summed E-state index contributed by atoms with van der Waals surface area (Å²) in [5, 5.41) is 1.82. The largest absolute Gasteiger partial charge is 0.339 e. The summed E-state index contributed by atoms with van der Waals surface area (Å²) in [6.07, 6.45) is 5.34. The average molecular weight is 234 g/mol. The quantitative estimate of drug-likeness (QED) is 0.826. The number of H-pyrrole nitrogens is 1. The lowest BCUT2D eigenvalue weighted by molar-refractivity contribution is 0.842. The third kappa shape index (κ3) is 2.61. The lowest BCUT2D eigenvalue weighted by atomic mass is 10.3. The third-order valence-electron chi connectivity index (χ3n) is 2.15. The molecule has 5 heteroatoms. The molecule has 2 heterocycles. The van der Waals surface area contributed by atoms with Gasteiger partial charge in [0, 0.05) is 24.5 Å². The van der Waals surface area contributed by atoms with E-state index in [2.05, 4.69) is 33.8 Å². The van der Waals surface area contributed by atoms with E-state index in [9.17, 15) is 0 Å². The molecule has 2 aromatic heterocycles. The van der Waals surface area contributed by atoms with Crippen molar-refractivity contribution in [1.29, 1.82) is 0 Å². The molecule has 16 heavy (non-hydrogen) atoms. The van der Waals surface area contributed by atoms with E-state index in [1.807, 2.05) is 12.3 Å². The summed E-state index contributed by atoms with van der Waals surface area (Å²) in [4.78, 5) is 16.1. The van der Waals surface area contributed by atoms with Crippen LogP contribution in [0.2, 0.25) is 0 Å². The van der Waals surface area contributed by atoms with E-state index in [4.69, 9.17) is 0 Å². The van der Waals surface area contributed by atoms with Gasteiger partial charge in [-0.2, -0.15) is 0 Å². The van der Waals surface area contributed by atoms with Gasteiger partial charge in [-0.3, -0.25) is 0 Å². The van der Waals surface area contributed by atoms with Gasteiger partial charge in [0.2, 0.25) is 0 Å². The zero-order valence-electron chi connectivity index (χ0n) is 9.40. The van der Waals surface area contributed by atoms with Gasteiger partial charge in [-0.1, -0.05) is 13.8 Å². The van der Waals surface area contributed by atoms with Crippen LogP contribution in [0, 0.1) is 0 Å². The van der Waals surface area contributed by atoms with E-state index in [1.165, 1.54) is 11.8 Å². The summed E-state index contributed by atoms with van der Waals surface area (Å²) in [6.45, 7) is 4.17. The van der Waals surface area contributed by atoms with Crippen LogP contribution in [0.15, 0.2) is 28.6 Å². The van der Waals surface area contributed by atoms with Crippen LogP contribution < -0.4 is 0 Å². The molecule has 0 fully saturated rings. The smallest absolute Gasteiger partial charge is 0.171 e. The van der Waals surface area contributed by atoms with Crippen LogP contribution >= 0.6 is 11.8 Å². The molecule has 0 spiro atoms. The number of aryl methyl sites for hydroxylation is 2. The molecule has 0 aromatic carbocycles. The van der Waals surface area contributed by atoms with Gasteiger partial charge < -0.3 is 4.98 Å². The normalized spacial score (nSPS) is 10.6. The molecule has 84 valence electrons. The van der Waals surface area contributed by atoms with Crippen molar-refractivity contribution in [2.45, 2.75) is 36.9 Å². The molecular formula is C11H14N4S. The average Bonchev–Trinajstić information content (AvgIpc) is 2.81. The molecule has 2 rings (SSSR count). The van der Waals surface area contributed by atoms with Gasteiger partial charge in [0.1, 0.15) is 10.9 Å². The summed E-state index contributed by atoms with van der Waals surface area (Å²) in [6, 6.07) is 2.02. The van der Waals surface area contributed by atoms with Crippen LogP contribution in [0.5, 0.6) is 0 Å². The van der Waals surface area contributed by atoms with Crippen LogP contribution in [0.1, 0.15) is 25.4 Å². The molecular weight excluding hydrogens is 220 g/mol. The minimum atomic E-state index is 0.861. The highest BCUT2D eigenvalue weighted by molar-refractivity contribution is 7.99. The van der Waals surface area contributed by atoms with Gasteiger partial charge in [-0.15, -0.1) is 0 Å². The van der Waals surface area contributed by atoms with Gasteiger partial charge in [0.25, 0.3) is 0 Å². The van der Waals surface area contributed by atoms with Crippen LogP contribution in [0.25, 0.3) is 0 Å². The van der Waals surface area contributed by atoms with E-state index in [-0.39, 0.29) is 0 Å². The van der Waals surface area contributed by atoms with E-state index in [0.717, 1.165) is 34.5 Å². The van der Waals surface area contributed by atoms with Crippen molar-refractivity contribution in [3.05, 3.63) is 30.0 Å². The number of hydrogen-bond acceptors (Lipinski definition) is 4. The Morgan fingerprint density at radius 2 is 2.12 bits per heavy atom. The molecule has 0 saturated heterocycles. The fraction of sp³-hybridized carbons (Fsp3) is 0.364. The first-order chi connectivity index (χ1) is 7.81. The summed E-state index contributed by atoms with van der Waals surface area (Å²) in [5.41, 5.74) is 1.08. The maximum Gasteiger partial charge on any atom is 0.171 e. The summed E-state index contributed by atoms with van der Waals surface area (Å²) >= 11 is 1.54. The summed E-state index contributed by atoms with van der Waals surface area (Å²) in [5.74, 6) is 0.897. The first-order valence-corrected chi connectivity index (χ1v) is 6.17. The Labute approximate surface area is 98.9 Å². The number of nitrogens with one attached hydrogen (secondary N) is 1. The van der Waals surface area contributed by atoms with Crippen molar-refractivity contribution in [2.24, 2.45) is 0 Å². The van der Waals surface area contributed by atoms with Crippen molar-refractivity contribution in [3.63, 3.8) is 0 Å². The number of aromatic amines is 1. The van der Waals surface area contributed by atoms with Crippen molar-refractivity contribution in [2.75, 3.05) is 0 Å². The fourth-order valence-electron chi connectivity index (χ4n) is 1.32. The third-order valence-corrected chi connectivity index (χ3v) is 2.99. The first kappa shape index (κ1) is 11.1. The Hall–Kier alpha value is -1.36. The number of hydrogen-bond donors (Lipinski definition) is 1. The van der Waals surface area contributed by atoms with Gasteiger partial charge in [-0.25, -0.2) is 15.0 Å². The highest BCUT2D eigenvalue weighted by Gasteiger charge is 2.05. The van der Waals surface area contributed by atoms with Gasteiger partial charge in [0.05, 0.1) is 0 Å². The maximum absolute atomic E-state index is 4.47. The van der Waals surface area contributed by atoms with E-state index >= 15 is 0 Å². The summed E-state index contributed by atoms with van der Waals surface area (Å²) < 4.78 is 0. The molecule has 4 nitrogen and oxygen atoms in total. The molecule has 0 aliphatic carbocycles. The molecule has 1 N–H and O–H groups in total. The van der Waals surface area contributed by atoms with Crippen LogP contribution in [-0.4, -0.2) is 19.9 Å². The zero-order valence-corrected chi connectivity index (χ0v) is 10.2. The molecule has 0 aliphatic rings. The van der Waals surface area contributed by atoms with E-state index in [1.54, 1.807) is 6.20 Å². The van der Waals surface area contributed by atoms with Crippen LogP contribution in [0.4, 0.5) is 0 Å². The Morgan fingerprint density at radius 1 is 1.25 bits per heavy atom. The molecule has 0 amide bonds. The van der Waals surface area contributed by atoms with Crippen LogP contribution in [0.3, 0.4) is 0 Å². The van der Waals surface area contributed by atoms with Gasteiger partial charge >= 0.3 is 0 Å². The Balaban J connectivity index is 2.26. The SMILES string of the molecule is CCc1cc(Sc2ncc[nH]2)nc(CC)n1. The number of rotatable bonds is 4. The fourth-order valence-corrected chi connectivity index (χ4v) is 2.11. The minimum absolute atomic E-state index is 0.861. The lowest BCUT2D eigenvalue weighted by Gasteiger charge is -2.03. The second-order valence-electron chi connectivity index (χ2n) is 3.32. The zero-order chi connectivity index (χ0) is 11.4. The molecule has 0 unspecified atom stereocenters. The number of aromatic nitrogens is 4. The predicted octanol–water partition coefficient (Wildman–Crippen LogP) is 2.48. The Kier molecular flexibility index (Phi) is 3.56. The topological polar surface area (TPSA) is 54.5 Å². The van der Waals surface area contributed by atoms with E-state index < -0.39 is 0 Å². The molecule has 0 bridgehead atoms. The minimum Gasteiger partial charge on any atom is -0.339 e. The molecule has 0 aliphatic heterocycles. The van der Waals surface area contributed by atoms with Crippen molar-refractivity contribution in [3.8, 4) is 0 Å². The maximum atomic E-state index is 4.47. The lowest BCUT2D eigenvalue weighted by Crippen LogP contribution is -1.98. The monoisotopic (exact) mass is 234 g/mol. The molecule has 2 aromatic rings. The number of nitrogens with zero attached hydrogens (tertiary/aromatic N) is 3. The molecule has 0 radical (unpaired) electrons. The van der Waals surface area contributed by atoms with Gasteiger partial charge in [0.15, 0.2) is 5.16 Å². The second kappa shape index (κ2) is 5.12. The van der Waals surface area contributed by atoms with Crippen LogP contribution in [-0.2, 0) is 12.8 Å². The second-order valence-corrected chi connectivity index (χ2v) is 4.33. The van der Waals surface area contributed by atoms with Crippen molar-refractivity contribution >= 4 is 11.8 Å². The highest BCUT2D eigenvalue weighted by Crippen LogP contribution is 2.23. The number of imidazole rings is 1. The van der Waals surface area contributed by atoms with Gasteiger partial charge in [-0.05, 0) is 24.2 Å². The highest BCUT2D eigenvalue weighted by atomic mass is 32.2. The van der Waals surface area contributed by atoms with Crippen molar-refractivity contribution in [1.82, 2.24) is 19.9 Å². The predicted molar refractivity (Wildman–Crippen MR) is 63.5 cm³/mol.